The van der Waals surface area contributed by atoms with Gasteiger partial charge in [-0.1, -0.05) is 24.3 Å². The van der Waals surface area contributed by atoms with E-state index in [1.54, 1.807) is 41.3 Å². The predicted molar refractivity (Wildman–Crippen MR) is 150 cm³/mol. The van der Waals surface area contributed by atoms with E-state index < -0.39 is 41.5 Å². The number of benzene rings is 3. The van der Waals surface area contributed by atoms with Gasteiger partial charge in [0, 0.05) is 36.0 Å². The highest BCUT2D eigenvalue weighted by molar-refractivity contribution is 7.85. The fourth-order valence-electron chi connectivity index (χ4n) is 4.51. The quantitative estimate of drug-likeness (QED) is 0.0952. The van der Waals surface area contributed by atoms with Gasteiger partial charge >= 0.3 is 0 Å². The minimum Gasteiger partial charge on any atom is -0.507 e. The highest BCUT2D eigenvalue weighted by Gasteiger charge is 2.35. The lowest BCUT2D eigenvalue weighted by atomic mass is 9.82. The van der Waals surface area contributed by atoms with Crippen molar-refractivity contribution < 1.29 is 37.2 Å². The molecule has 3 aromatic carbocycles. The Bertz CT molecular complexity index is 1530. The van der Waals surface area contributed by atoms with E-state index in [9.17, 15) is 32.5 Å². The van der Waals surface area contributed by atoms with Gasteiger partial charge in [-0.3, -0.25) is 14.1 Å². The largest absolute Gasteiger partial charge is 0.507 e. The van der Waals surface area contributed by atoms with Crippen molar-refractivity contribution in [1.29, 1.82) is 0 Å². The van der Waals surface area contributed by atoms with Crippen molar-refractivity contribution >= 4 is 41.4 Å². The maximum Gasteiger partial charge on any atom is 0.266 e. The van der Waals surface area contributed by atoms with Crippen LogP contribution in [-0.4, -0.2) is 61.6 Å². The van der Waals surface area contributed by atoms with Crippen molar-refractivity contribution in [1.82, 2.24) is 0 Å². The summed E-state index contributed by atoms with van der Waals surface area (Å²) in [7, 11) is -6.45. The third kappa shape index (κ3) is 6.48. The number of rotatable bonds is 10. The standard InChI is InChI=1S/C27H30N2O8SSi/c1-39(2,36)15-5-12-29(13-14-38(33,34)35)17-8-10-18(11-9-17)37-22-16-21(30)23-24(25(22)28)27(32)20-7-4-3-6-19(20)26(23)31/h3-4,6-11,16,30,36H,5,12-15,28H2,1-2H3,(H,33,34,35). The molecule has 206 valence electrons. The Morgan fingerprint density at radius 1 is 0.949 bits per heavy atom. The lowest BCUT2D eigenvalue weighted by Crippen LogP contribution is -2.32. The van der Waals surface area contributed by atoms with E-state index in [1.807, 2.05) is 13.1 Å². The molecular formula is C27H30N2O8SSi. The van der Waals surface area contributed by atoms with E-state index in [1.165, 1.54) is 18.2 Å². The van der Waals surface area contributed by atoms with E-state index in [0.717, 1.165) is 0 Å². The minimum absolute atomic E-state index is 0.00195. The summed E-state index contributed by atoms with van der Waals surface area (Å²) in [5.74, 6) is -1.55. The maximum atomic E-state index is 13.2. The molecule has 0 atom stereocenters. The number of phenolic OH excluding ortho intramolecular Hbond substituents is 1. The number of carbonyl (C=O) groups is 2. The Labute approximate surface area is 227 Å². The second kappa shape index (κ2) is 10.8. The molecular weight excluding hydrogens is 540 g/mol. The van der Waals surface area contributed by atoms with Crippen LogP contribution in [-0.2, 0) is 10.1 Å². The molecule has 39 heavy (non-hydrogen) atoms. The number of phenols is 1. The third-order valence-corrected chi connectivity index (χ3v) is 8.72. The van der Waals surface area contributed by atoms with Crippen molar-refractivity contribution in [2.45, 2.75) is 25.6 Å². The van der Waals surface area contributed by atoms with Gasteiger partial charge in [0.15, 0.2) is 25.6 Å². The number of aromatic hydroxyl groups is 1. The molecule has 0 heterocycles. The smallest absolute Gasteiger partial charge is 0.266 e. The van der Waals surface area contributed by atoms with Gasteiger partial charge in [-0.25, -0.2) is 0 Å². The maximum absolute atomic E-state index is 13.2. The molecule has 0 aromatic heterocycles. The summed E-state index contributed by atoms with van der Waals surface area (Å²) >= 11 is 0. The second-order valence-corrected chi connectivity index (χ2v) is 15.7. The van der Waals surface area contributed by atoms with Crippen LogP contribution in [0.1, 0.15) is 38.3 Å². The molecule has 5 N–H and O–H groups in total. The van der Waals surface area contributed by atoms with Gasteiger partial charge in [-0.2, -0.15) is 8.42 Å². The van der Waals surface area contributed by atoms with Crippen molar-refractivity contribution in [3.63, 3.8) is 0 Å². The van der Waals surface area contributed by atoms with Gasteiger partial charge < -0.3 is 25.3 Å². The average molecular weight is 571 g/mol. The number of hydrogen-bond acceptors (Lipinski definition) is 9. The number of fused-ring (bicyclic) bond motifs is 2. The van der Waals surface area contributed by atoms with Gasteiger partial charge in [-0.15, -0.1) is 0 Å². The molecule has 0 saturated heterocycles. The molecule has 0 spiro atoms. The van der Waals surface area contributed by atoms with Gasteiger partial charge in [0.1, 0.15) is 11.5 Å². The van der Waals surface area contributed by atoms with Crippen LogP contribution in [0.25, 0.3) is 0 Å². The number of carbonyl (C=O) groups excluding carboxylic acids is 2. The predicted octanol–water partition coefficient (Wildman–Crippen LogP) is 3.82. The Morgan fingerprint density at radius 2 is 1.54 bits per heavy atom. The van der Waals surface area contributed by atoms with Crippen LogP contribution in [0.2, 0.25) is 19.1 Å². The zero-order valence-corrected chi connectivity index (χ0v) is 23.4. The molecule has 0 amide bonds. The number of nitrogen functional groups attached to an aromatic ring is 1. The molecule has 12 heteroatoms. The molecule has 3 aromatic rings. The van der Waals surface area contributed by atoms with Crippen LogP contribution >= 0.6 is 0 Å². The van der Waals surface area contributed by atoms with Crippen LogP contribution < -0.4 is 15.4 Å². The van der Waals surface area contributed by atoms with Gasteiger partial charge in [0.05, 0.1) is 22.6 Å². The molecule has 0 bridgehead atoms. The van der Waals surface area contributed by atoms with Crippen LogP contribution in [0.15, 0.2) is 54.6 Å². The zero-order valence-electron chi connectivity index (χ0n) is 21.5. The van der Waals surface area contributed by atoms with Crippen molar-refractivity contribution in [3.05, 3.63) is 76.9 Å². The Balaban J connectivity index is 1.58. The SMILES string of the molecule is C[Si](C)(O)CCCN(CCS(=O)(=O)O)c1ccc(Oc2cc(O)c3c(c2N)C(=O)c2ccccc2C3=O)cc1. The molecule has 0 aliphatic heterocycles. The topological polar surface area (TPSA) is 167 Å². The van der Waals surface area contributed by atoms with Crippen LogP contribution in [0, 0.1) is 0 Å². The molecule has 1 aliphatic rings. The monoisotopic (exact) mass is 570 g/mol. The normalized spacial score (nSPS) is 13.1. The molecule has 10 nitrogen and oxygen atoms in total. The highest BCUT2D eigenvalue weighted by atomic mass is 32.2. The van der Waals surface area contributed by atoms with Crippen molar-refractivity contribution in [2.75, 3.05) is 29.5 Å². The summed E-state index contributed by atoms with van der Waals surface area (Å²) in [6.45, 7) is 4.17. The summed E-state index contributed by atoms with van der Waals surface area (Å²) in [5, 5.41) is 10.6. The fourth-order valence-corrected chi connectivity index (χ4v) is 5.98. The number of ketones is 2. The third-order valence-electron chi connectivity index (χ3n) is 6.44. The Morgan fingerprint density at radius 3 is 2.10 bits per heavy atom. The lowest BCUT2D eigenvalue weighted by molar-refractivity contribution is 0.0977. The van der Waals surface area contributed by atoms with Crippen LogP contribution in [0.3, 0.4) is 0 Å². The van der Waals surface area contributed by atoms with E-state index in [2.05, 4.69) is 0 Å². The number of hydrogen-bond donors (Lipinski definition) is 4. The average Bonchev–Trinajstić information content (AvgIpc) is 2.86. The van der Waals surface area contributed by atoms with Gasteiger partial charge in [0.25, 0.3) is 10.1 Å². The second-order valence-electron chi connectivity index (χ2n) is 10.0. The molecule has 0 fully saturated rings. The van der Waals surface area contributed by atoms with Gasteiger partial charge in [0.2, 0.25) is 0 Å². The van der Waals surface area contributed by atoms with Gasteiger partial charge in [-0.05, 0) is 49.8 Å². The summed E-state index contributed by atoms with van der Waals surface area (Å²) in [5.41, 5.74) is 6.96. The lowest BCUT2D eigenvalue weighted by Gasteiger charge is -2.26. The number of anilines is 2. The summed E-state index contributed by atoms with van der Waals surface area (Å²) in [4.78, 5) is 38.0. The molecule has 1 aliphatic carbocycles. The minimum atomic E-state index is -4.17. The summed E-state index contributed by atoms with van der Waals surface area (Å²) < 4.78 is 37.7. The highest BCUT2D eigenvalue weighted by Crippen LogP contribution is 2.42. The van der Waals surface area contributed by atoms with E-state index in [0.29, 0.717) is 30.4 Å². The molecule has 0 saturated carbocycles. The number of ether oxygens (including phenoxy) is 1. The number of nitrogens with two attached hydrogens (primary N) is 1. The first-order valence-corrected chi connectivity index (χ1v) is 17.1. The van der Waals surface area contributed by atoms with E-state index in [-0.39, 0.29) is 40.2 Å². The van der Waals surface area contributed by atoms with E-state index >= 15 is 0 Å². The summed E-state index contributed by atoms with van der Waals surface area (Å²) in [6.07, 6.45) is 0.639. The van der Waals surface area contributed by atoms with Crippen LogP contribution in [0.4, 0.5) is 11.4 Å². The zero-order chi connectivity index (χ0) is 28.5. The number of nitrogens with zero attached hydrogens (tertiary/aromatic N) is 1. The molecule has 0 radical (unpaired) electrons. The van der Waals surface area contributed by atoms with Crippen LogP contribution in [0.5, 0.6) is 17.2 Å². The first-order chi connectivity index (χ1) is 18.2. The fraction of sp³-hybridized carbons (Fsp3) is 0.259. The molecule has 4 rings (SSSR count). The first-order valence-electron chi connectivity index (χ1n) is 12.3. The first kappa shape index (κ1) is 28.3. The van der Waals surface area contributed by atoms with Crippen molar-refractivity contribution in [3.8, 4) is 17.2 Å². The molecule has 0 unspecified atom stereocenters. The Kier molecular flexibility index (Phi) is 7.84. The summed E-state index contributed by atoms with van der Waals surface area (Å²) in [6, 6.07) is 14.8. The van der Waals surface area contributed by atoms with Crippen molar-refractivity contribution in [2.24, 2.45) is 0 Å². The Hall–Kier alpha value is -3.71. The van der Waals surface area contributed by atoms with E-state index in [4.69, 9.17) is 10.5 Å².